The van der Waals surface area contributed by atoms with E-state index < -0.39 is 0 Å². The highest BCUT2D eigenvalue weighted by Gasteiger charge is 2.17. The predicted molar refractivity (Wildman–Crippen MR) is 77.5 cm³/mol. The van der Waals surface area contributed by atoms with Gasteiger partial charge in [-0.1, -0.05) is 24.3 Å². The number of hydrogen-bond acceptors (Lipinski definition) is 4. The van der Waals surface area contributed by atoms with E-state index in [1.54, 1.807) is 6.07 Å². The summed E-state index contributed by atoms with van der Waals surface area (Å²) in [5, 5.41) is 4.63. The SMILES string of the molecule is Nc1nc(C(=O)NCC2CCCO2)cc2ccccc12. The summed E-state index contributed by atoms with van der Waals surface area (Å²) in [6.45, 7) is 1.30. The Balaban J connectivity index is 1.77. The highest BCUT2D eigenvalue weighted by atomic mass is 16.5. The zero-order chi connectivity index (χ0) is 13.9. The van der Waals surface area contributed by atoms with Crippen molar-refractivity contribution in [2.75, 3.05) is 18.9 Å². The quantitative estimate of drug-likeness (QED) is 0.891. The third kappa shape index (κ3) is 2.58. The molecule has 0 radical (unpaired) electrons. The molecule has 1 aromatic carbocycles. The Kier molecular flexibility index (Phi) is 3.52. The van der Waals surface area contributed by atoms with E-state index in [9.17, 15) is 4.79 Å². The number of nitrogens with zero attached hydrogens (tertiary/aromatic N) is 1. The molecule has 1 atom stereocenters. The fourth-order valence-corrected chi connectivity index (χ4v) is 2.44. The maximum atomic E-state index is 12.1. The molecule has 0 saturated carbocycles. The van der Waals surface area contributed by atoms with E-state index in [4.69, 9.17) is 10.5 Å². The lowest BCUT2D eigenvalue weighted by molar-refractivity contribution is 0.0854. The molecular weight excluding hydrogens is 254 g/mol. The normalized spacial score (nSPS) is 18.3. The van der Waals surface area contributed by atoms with Gasteiger partial charge in [-0.15, -0.1) is 0 Å². The fraction of sp³-hybridized carbons (Fsp3) is 0.333. The first-order valence-corrected chi connectivity index (χ1v) is 6.79. The molecule has 1 aliphatic rings. The van der Waals surface area contributed by atoms with Crippen molar-refractivity contribution in [2.45, 2.75) is 18.9 Å². The average Bonchev–Trinajstić information content (AvgIpc) is 2.98. The molecular formula is C15H17N3O2. The van der Waals surface area contributed by atoms with Crippen molar-refractivity contribution in [3.63, 3.8) is 0 Å². The lowest BCUT2D eigenvalue weighted by Gasteiger charge is -2.11. The molecule has 3 rings (SSSR count). The van der Waals surface area contributed by atoms with E-state index in [-0.39, 0.29) is 12.0 Å². The van der Waals surface area contributed by atoms with Gasteiger partial charge < -0.3 is 15.8 Å². The van der Waals surface area contributed by atoms with Gasteiger partial charge >= 0.3 is 0 Å². The van der Waals surface area contributed by atoms with Gasteiger partial charge in [-0.25, -0.2) is 4.98 Å². The standard InChI is InChI=1S/C15H17N3O2/c16-14-12-6-2-1-4-10(12)8-13(18-14)15(19)17-9-11-5-3-7-20-11/h1-2,4,6,8,11H,3,5,7,9H2,(H2,16,18)(H,17,19). The molecule has 0 aliphatic carbocycles. The van der Waals surface area contributed by atoms with Crippen LogP contribution in [-0.4, -0.2) is 30.1 Å². The van der Waals surface area contributed by atoms with E-state index in [1.165, 1.54) is 0 Å². The van der Waals surface area contributed by atoms with Crippen molar-refractivity contribution in [1.29, 1.82) is 0 Å². The predicted octanol–water partition coefficient (Wildman–Crippen LogP) is 1.73. The first kappa shape index (κ1) is 12.9. The lowest BCUT2D eigenvalue weighted by Crippen LogP contribution is -2.32. The van der Waals surface area contributed by atoms with E-state index in [2.05, 4.69) is 10.3 Å². The number of nitrogens with one attached hydrogen (secondary N) is 1. The van der Waals surface area contributed by atoms with Crippen LogP contribution < -0.4 is 11.1 Å². The number of carbonyl (C=O) groups is 1. The van der Waals surface area contributed by atoms with E-state index in [1.807, 2.05) is 24.3 Å². The summed E-state index contributed by atoms with van der Waals surface area (Å²) in [4.78, 5) is 16.3. The summed E-state index contributed by atoms with van der Waals surface area (Å²) in [6, 6.07) is 9.39. The van der Waals surface area contributed by atoms with Crippen LogP contribution in [0.2, 0.25) is 0 Å². The van der Waals surface area contributed by atoms with Crippen LogP contribution in [0.3, 0.4) is 0 Å². The Hall–Kier alpha value is -2.14. The van der Waals surface area contributed by atoms with Crippen molar-refractivity contribution in [3.8, 4) is 0 Å². The van der Waals surface area contributed by atoms with Crippen LogP contribution in [0.4, 0.5) is 5.82 Å². The van der Waals surface area contributed by atoms with E-state index in [0.717, 1.165) is 30.2 Å². The lowest BCUT2D eigenvalue weighted by atomic mass is 10.1. The second kappa shape index (κ2) is 5.46. The molecule has 0 bridgehead atoms. The molecule has 2 heterocycles. The summed E-state index contributed by atoms with van der Waals surface area (Å²) in [6.07, 6.45) is 2.17. The number of rotatable bonds is 3. The van der Waals surface area contributed by atoms with Crippen molar-refractivity contribution in [1.82, 2.24) is 10.3 Å². The summed E-state index contributed by atoms with van der Waals surface area (Å²) in [7, 11) is 0. The van der Waals surface area contributed by atoms with Gasteiger partial charge in [-0.3, -0.25) is 4.79 Å². The Morgan fingerprint density at radius 2 is 2.30 bits per heavy atom. The number of benzene rings is 1. The summed E-state index contributed by atoms with van der Waals surface area (Å²) < 4.78 is 5.47. The molecule has 1 unspecified atom stereocenters. The molecule has 5 nitrogen and oxygen atoms in total. The number of ether oxygens (including phenoxy) is 1. The highest BCUT2D eigenvalue weighted by Crippen LogP contribution is 2.20. The van der Waals surface area contributed by atoms with E-state index >= 15 is 0 Å². The zero-order valence-electron chi connectivity index (χ0n) is 11.1. The molecule has 1 aliphatic heterocycles. The first-order chi connectivity index (χ1) is 9.74. The topological polar surface area (TPSA) is 77.2 Å². The molecule has 0 spiro atoms. The monoisotopic (exact) mass is 271 g/mol. The Morgan fingerprint density at radius 1 is 1.45 bits per heavy atom. The van der Waals surface area contributed by atoms with Gasteiger partial charge in [0.1, 0.15) is 11.5 Å². The van der Waals surface area contributed by atoms with Crippen LogP contribution in [0.5, 0.6) is 0 Å². The number of hydrogen-bond donors (Lipinski definition) is 2. The fourth-order valence-electron chi connectivity index (χ4n) is 2.44. The van der Waals surface area contributed by atoms with Gasteiger partial charge in [0, 0.05) is 18.5 Å². The minimum absolute atomic E-state index is 0.122. The maximum Gasteiger partial charge on any atom is 0.270 e. The van der Waals surface area contributed by atoms with Crippen LogP contribution in [0.1, 0.15) is 23.3 Å². The molecule has 1 aromatic heterocycles. The third-order valence-electron chi connectivity index (χ3n) is 3.52. The van der Waals surface area contributed by atoms with Crippen molar-refractivity contribution >= 4 is 22.5 Å². The molecule has 20 heavy (non-hydrogen) atoms. The number of aromatic nitrogens is 1. The largest absolute Gasteiger partial charge is 0.383 e. The average molecular weight is 271 g/mol. The number of nitrogens with two attached hydrogens (primary N) is 1. The number of pyridine rings is 1. The number of amides is 1. The Labute approximate surface area is 117 Å². The van der Waals surface area contributed by atoms with Gasteiger partial charge in [0.15, 0.2) is 0 Å². The van der Waals surface area contributed by atoms with Gasteiger partial charge in [-0.2, -0.15) is 0 Å². The number of carbonyl (C=O) groups excluding carboxylic acids is 1. The first-order valence-electron chi connectivity index (χ1n) is 6.79. The summed E-state index contributed by atoms with van der Waals surface area (Å²) >= 11 is 0. The van der Waals surface area contributed by atoms with Crippen molar-refractivity contribution < 1.29 is 9.53 Å². The molecule has 2 aromatic rings. The Bertz CT molecular complexity index is 636. The van der Waals surface area contributed by atoms with Crippen LogP contribution in [0, 0.1) is 0 Å². The molecule has 3 N–H and O–H groups in total. The second-order valence-electron chi connectivity index (χ2n) is 4.96. The zero-order valence-corrected chi connectivity index (χ0v) is 11.1. The van der Waals surface area contributed by atoms with Gasteiger partial charge in [0.2, 0.25) is 0 Å². The summed E-state index contributed by atoms with van der Waals surface area (Å²) in [5.41, 5.74) is 6.24. The van der Waals surface area contributed by atoms with Crippen LogP contribution in [-0.2, 0) is 4.74 Å². The van der Waals surface area contributed by atoms with Crippen molar-refractivity contribution in [3.05, 3.63) is 36.0 Å². The van der Waals surface area contributed by atoms with Gasteiger partial charge in [0.25, 0.3) is 5.91 Å². The van der Waals surface area contributed by atoms with Crippen LogP contribution in [0.25, 0.3) is 10.8 Å². The molecule has 5 heteroatoms. The molecule has 104 valence electrons. The molecule has 1 fully saturated rings. The van der Waals surface area contributed by atoms with Gasteiger partial charge in [-0.05, 0) is 24.3 Å². The second-order valence-corrected chi connectivity index (χ2v) is 4.96. The van der Waals surface area contributed by atoms with Crippen LogP contribution >= 0.6 is 0 Å². The van der Waals surface area contributed by atoms with Crippen LogP contribution in [0.15, 0.2) is 30.3 Å². The Morgan fingerprint density at radius 3 is 3.10 bits per heavy atom. The van der Waals surface area contributed by atoms with E-state index in [0.29, 0.717) is 18.1 Å². The molecule has 1 saturated heterocycles. The highest BCUT2D eigenvalue weighted by molar-refractivity contribution is 5.99. The van der Waals surface area contributed by atoms with Crippen molar-refractivity contribution in [2.24, 2.45) is 0 Å². The summed E-state index contributed by atoms with van der Waals surface area (Å²) in [5.74, 6) is 0.170. The molecule has 1 amide bonds. The maximum absolute atomic E-state index is 12.1. The third-order valence-corrected chi connectivity index (χ3v) is 3.52. The number of anilines is 1. The minimum Gasteiger partial charge on any atom is -0.383 e. The van der Waals surface area contributed by atoms with Gasteiger partial charge in [0.05, 0.1) is 6.10 Å². The smallest absolute Gasteiger partial charge is 0.270 e. The minimum atomic E-state index is -0.210. The number of nitrogen functional groups attached to an aromatic ring is 1. The number of fused-ring (bicyclic) bond motifs is 1.